The number of hydrogen-bond donors (Lipinski definition) is 1. The van der Waals surface area contributed by atoms with Gasteiger partial charge in [0.1, 0.15) is 31.3 Å². The molecule has 2 heterocycles. The number of carbonyl (C=O) groups is 1. The van der Waals surface area contributed by atoms with Gasteiger partial charge in [-0.05, 0) is 50.1 Å². The fourth-order valence-electron chi connectivity index (χ4n) is 3.06. The van der Waals surface area contributed by atoms with Gasteiger partial charge in [-0.1, -0.05) is 17.3 Å². The van der Waals surface area contributed by atoms with Crippen molar-refractivity contribution < 1.29 is 23.5 Å². The van der Waals surface area contributed by atoms with E-state index in [1.807, 2.05) is 32.0 Å². The van der Waals surface area contributed by atoms with E-state index in [-0.39, 0.29) is 18.2 Å². The van der Waals surface area contributed by atoms with Crippen LogP contribution in [0, 0.1) is 20.8 Å². The van der Waals surface area contributed by atoms with Gasteiger partial charge in [0.2, 0.25) is 0 Å². The zero-order valence-electron chi connectivity index (χ0n) is 16.6. The number of nitrogens with zero attached hydrogens (tertiary/aromatic N) is 1. The maximum absolute atomic E-state index is 12.8. The number of amides is 1. The Balaban J connectivity index is 1.50. The molecule has 0 spiro atoms. The van der Waals surface area contributed by atoms with Crippen molar-refractivity contribution in [3.05, 3.63) is 64.5 Å². The Morgan fingerprint density at radius 2 is 1.86 bits per heavy atom. The minimum atomic E-state index is -0.377. The van der Waals surface area contributed by atoms with E-state index >= 15 is 0 Å². The van der Waals surface area contributed by atoms with Crippen molar-refractivity contribution in [2.75, 3.05) is 18.5 Å². The number of anilines is 1. The SMILES string of the molecule is Cc1ccc(C)c(OCc2c(C(=O)Nc3ccc4c(c3)OCCO4)noc2C)c1. The molecule has 0 saturated heterocycles. The summed E-state index contributed by atoms with van der Waals surface area (Å²) in [6.45, 7) is 6.92. The van der Waals surface area contributed by atoms with Gasteiger partial charge in [0, 0.05) is 11.8 Å². The summed E-state index contributed by atoms with van der Waals surface area (Å²) >= 11 is 0. The highest BCUT2D eigenvalue weighted by Crippen LogP contribution is 2.33. The second-order valence-electron chi connectivity index (χ2n) is 6.94. The van der Waals surface area contributed by atoms with E-state index in [1.165, 1.54) is 0 Å². The number of nitrogens with one attached hydrogen (secondary N) is 1. The lowest BCUT2D eigenvalue weighted by atomic mass is 10.1. The second kappa shape index (κ2) is 7.87. The number of hydrogen-bond acceptors (Lipinski definition) is 6. The Kier molecular flexibility index (Phi) is 5.12. The van der Waals surface area contributed by atoms with Crippen molar-refractivity contribution in [1.82, 2.24) is 5.16 Å². The third-order valence-electron chi connectivity index (χ3n) is 4.72. The lowest BCUT2D eigenvalue weighted by Crippen LogP contribution is -2.17. The van der Waals surface area contributed by atoms with Gasteiger partial charge in [0.05, 0.1) is 5.56 Å². The summed E-state index contributed by atoms with van der Waals surface area (Å²) in [5.41, 5.74) is 3.51. The van der Waals surface area contributed by atoms with Gasteiger partial charge >= 0.3 is 0 Å². The highest BCUT2D eigenvalue weighted by molar-refractivity contribution is 6.04. The Labute approximate surface area is 168 Å². The molecule has 0 radical (unpaired) electrons. The minimum absolute atomic E-state index is 0.184. The summed E-state index contributed by atoms with van der Waals surface area (Å²) in [5.74, 6) is 2.20. The molecule has 2 aromatic carbocycles. The van der Waals surface area contributed by atoms with Crippen molar-refractivity contribution in [2.24, 2.45) is 0 Å². The topological polar surface area (TPSA) is 82.8 Å². The third kappa shape index (κ3) is 4.03. The summed E-state index contributed by atoms with van der Waals surface area (Å²) < 4.78 is 22.3. The predicted octanol–water partition coefficient (Wildman–Crippen LogP) is 4.20. The number of rotatable bonds is 5. The van der Waals surface area contributed by atoms with Crippen molar-refractivity contribution in [2.45, 2.75) is 27.4 Å². The quantitative estimate of drug-likeness (QED) is 0.698. The van der Waals surface area contributed by atoms with Gasteiger partial charge in [-0.25, -0.2) is 0 Å². The van der Waals surface area contributed by atoms with Crippen LogP contribution in [-0.2, 0) is 6.61 Å². The van der Waals surface area contributed by atoms with Gasteiger partial charge < -0.3 is 24.1 Å². The molecule has 0 atom stereocenters. The molecule has 0 bridgehead atoms. The minimum Gasteiger partial charge on any atom is -0.488 e. The van der Waals surface area contributed by atoms with E-state index in [1.54, 1.807) is 25.1 Å². The Hall–Kier alpha value is -3.48. The molecule has 1 aliphatic heterocycles. The Bertz CT molecular complexity index is 1060. The molecule has 1 aromatic heterocycles. The molecule has 0 fully saturated rings. The fraction of sp³-hybridized carbons (Fsp3) is 0.273. The first-order chi connectivity index (χ1) is 14.0. The number of ether oxygens (including phenoxy) is 3. The van der Waals surface area contributed by atoms with Crippen LogP contribution in [0.5, 0.6) is 17.2 Å². The van der Waals surface area contributed by atoms with Crippen molar-refractivity contribution in [1.29, 1.82) is 0 Å². The van der Waals surface area contributed by atoms with Gasteiger partial charge in [-0.2, -0.15) is 0 Å². The summed E-state index contributed by atoms with van der Waals surface area (Å²) in [6, 6.07) is 11.2. The highest BCUT2D eigenvalue weighted by Gasteiger charge is 2.21. The first kappa shape index (κ1) is 18.9. The Morgan fingerprint density at radius 1 is 1.07 bits per heavy atom. The summed E-state index contributed by atoms with van der Waals surface area (Å²) in [7, 11) is 0. The molecule has 4 rings (SSSR count). The van der Waals surface area contributed by atoms with E-state index in [9.17, 15) is 4.79 Å². The predicted molar refractivity (Wildman–Crippen MR) is 107 cm³/mol. The van der Waals surface area contributed by atoms with Crippen LogP contribution >= 0.6 is 0 Å². The van der Waals surface area contributed by atoms with Gasteiger partial charge in [0.25, 0.3) is 5.91 Å². The lowest BCUT2D eigenvalue weighted by molar-refractivity contribution is 0.101. The average molecular weight is 394 g/mol. The lowest BCUT2D eigenvalue weighted by Gasteiger charge is -2.18. The van der Waals surface area contributed by atoms with Crippen LogP contribution in [0.15, 0.2) is 40.9 Å². The summed E-state index contributed by atoms with van der Waals surface area (Å²) in [6.07, 6.45) is 0. The van der Waals surface area contributed by atoms with Crippen LogP contribution in [0.3, 0.4) is 0 Å². The van der Waals surface area contributed by atoms with Gasteiger partial charge in [0.15, 0.2) is 17.2 Å². The smallest absolute Gasteiger partial charge is 0.278 e. The van der Waals surface area contributed by atoms with E-state index in [0.29, 0.717) is 41.7 Å². The van der Waals surface area contributed by atoms with Gasteiger partial charge in [-0.3, -0.25) is 4.79 Å². The molecule has 7 heteroatoms. The molecule has 1 aliphatic rings. The molecule has 0 saturated carbocycles. The molecule has 3 aromatic rings. The van der Waals surface area contributed by atoms with Crippen molar-refractivity contribution in [3.8, 4) is 17.2 Å². The van der Waals surface area contributed by atoms with E-state index in [2.05, 4.69) is 10.5 Å². The van der Waals surface area contributed by atoms with Crippen LogP contribution < -0.4 is 19.5 Å². The monoisotopic (exact) mass is 394 g/mol. The first-order valence-electron chi connectivity index (χ1n) is 9.37. The molecule has 150 valence electrons. The number of aromatic nitrogens is 1. The van der Waals surface area contributed by atoms with Crippen molar-refractivity contribution in [3.63, 3.8) is 0 Å². The standard InChI is InChI=1S/C22H22N2O5/c1-13-4-5-14(2)19(10-13)28-12-17-15(3)29-24-21(17)22(25)23-16-6-7-18-20(11-16)27-9-8-26-18/h4-7,10-11H,8-9,12H2,1-3H3,(H,23,25). The molecule has 29 heavy (non-hydrogen) atoms. The Morgan fingerprint density at radius 3 is 2.69 bits per heavy atom. The van der Waals surface area contributed by atoms with Crippen LogP contribution in [-0.4, -0.2) is 24.3 Å². The first-order valence-corrected chi connectivity index (χ1v) is 9.37. The van der Waals surface area contributed by atoms with Crippen LogP contribution in [0.2, 0.25) is 0 Å². The molecule has 0 unspecified atom stereocenters. The highest BCUT2D eigenvalue weighted by atomic mass is 16.6. The molecule has 1 amide bonds. The maximum Gasteiger partial charge on any atom is 0.278 e. The van der Waals surface area contributed by atoms with Gasteiger partial charge in [-0.15, -0.1) is 0 Å². The maximum atomic E-state index is 12.8. The average Bonchev–Trinajstić information content (AvgIpc) is 3.09. The fourth-order valence-corrected chi connectivity index (χ4v) is 3.06. The van der Waals surface area contributed by atoms with Crippen LogP contribution in [0.25, 0.3) is 0 Å². The summed E-state index contributed by atoms with van der Waals surface area (Å²) in [4.78, 5) is 12.8. The number of benzene rings is 2. The molecule has 7 nitrogen and oxygen atoms in total. The molecule has 0 aliphatic carbocycles. The van der Waals surface area contributed by atoms with Crippen molar-refractivity contribution >= 4 is 11.6 Å². The van der Waals surface area contributed by atoms with E-state index < -0.39 is 0 Å². The zero-order chi connectivity index (χ0) is 20.4. The third-order valence-corrected chi connectivity index (χ3v) is 4.72. The molecular formula is C22H22N2O5. The molecule has 1 N–H and O–H groups in total. The van der Waals surface area contributed by atoms with Crippen LogP contribution in [0.1, 0.15) is 32.9 Å². The van der Waals surface area contributed by atoms with E-state index in [0.717, 1.165) is 16.9 Å². The van der Waals surface area contributed by atoms with E-state index in [4.69, 9.17) is 18.7 Å². The largest absolute Gasteiger partial charge is 0.488 e. The number of fused-ring (bicyclic) bond motifs is 1. The second-order valence-corrected chi connectivity index (χ2v) is 6.94. The summed E-state index contributed by atoms with van der Waals surface area (Å²) in [5, 5.41) is 6.76. The zero-order valence-corrected chi connectivity index (χ0v) is 16.6. The molecular weight excluding hydrogens is 372 g/mol. The number of carbonyl (C=O) groups excluding carboxylic acids is 1. The normalized spacial score (nSPS) is 12.5. The number of aryl methyl sites for hydroxylation is 3. The van der Waals surface area contributed by atoms with Crippen LogP contribution in [0.4, 0.5) is 5.69 Å².